The molecule has 0 saturated carbocycles. The summed E-state index contributed by atoms with van der Waals surface area (Å²) in [5, 5.41) is 4.17. The Balaban J connectivity index is 1.53. The number of amides is 1. The molecule has 1 aliphatic heterocycles. The van der Waals surface area contributed by atoms with Gasteiger partial charge in [0.1, 0.15) is 17.0 Å². The number of anilines is 2. The number of hydrogen-bond donors (Lipinski definition) is 1. The predicted molar refractivity (Wildman–Crippen MR) is 97.8 cm³/mol. The minimum absolute atomic E-state index is 0.0702. The number of rotatable bonds is 3. The molecule has 4 rings (SSSR count). The molecule has 0 fully saturated rings. The molecule has 3 aromatic rings. The third kappa shape index (κ3) is 2.73. The predicted octanol–water partition coefficient (Wildman–Crippen LogP) is 3.39. The lowest BCUT2D eigenvalue weighted by molar-refractivity contribution is -0.117. The first-order valence-electron chi connectivity index (χ1n) is 8.05. The molecule has 1 amide bonds. The fourth-order valence-electron chi connectivity index (χ4n) is 3.16. The zero-order valence-corrected chi connectivity index (χ0v) is 14.3. The molecule has 0 bridgehead atoms. The number of nitrogens with zero attached hydrogens (tertiary/aromatic N) is 3. The summed E-state index contributed by atoms with van der Waals surface area (Å²) in [5.41, 5.74) is 2.28. The van der Waals surface area contributed by atoms with E-state index in [1.807, 2.05) is 30.0 Å². The van der Waals surface area contributed by atoms with E-state index < -0.39 is 0 Å². The lowest BCUT2D eigenvalue weighted by atomic mass is 10.0. The van der Waals surface area contributed by atoms with Gasteiger partial charge in [0.25, 0.3) is 0 Å². The lowest BCUT2D eigenvalue weighted by Crippen LogP contribution is -2.39. The third-order valence-electron chi connectivity index (χ3n) is 4.27. The van der Waals surface area contributed by atoms with Crippen molar-refractivity contribution in [3.63, 3.8) is 0 Å². The number of aromatic nitrogens is 2. The molecule has 0 saturated heterocycles. The van der Waals surface area contributed by atoms with E-state index in [0.29, 0.717) is 0 Å². The van der Waals surface area contributed by atoms with Crippen molar-refractivity contribution in [3.05, 3.63) is 47.1 Å². The van der Waals surface area contributed by atoms with Crippen LogP contribution < -0.4 is 10.2 Å². The van der Waals surface area contributed by atoms with Gasteiger partial charge in [-0.2, -0.15) is 0 Å². The number of aryl methyl sites for hydroxylation is 2. The topological polar surface area (TPSA) is 58.1 Å². The van der Waals surface area contributed by atoms with E-state index in [1.54, 1.807) is 17.7 Å². The van der Waals surface area contributed by atoms with Crippen LogP contribution in [0, 0.1) is 6.92 Å². The first-order valence-corrected chi connectivity index (χ1v) is 8.87. The van der Waals surface area contributed by atoms with Crippen LogP contribution in [0.1, 0.15) is 16.9 Å². The van der Waals surface area contributed by atoms with Crippen LogP contribution in [0.5, 0.6) is 0 Å². The highest BCUT2D eigenvalue weighted by Crippen LogP contribution is 2.28. The number of benzene rings is 1. The zero-order valence-electron chi connectivity index (χ0n) is 13.5. The van der Waals surface area contributed by atoms with Crippen molar-refractivity contribution in [2.24, 2.45) is 0 Å². The molecule has 6 heteroatoms. The number of carbonyl (C=O) groups is 1. The molecule has 2 aromatic heterocycles. The second-order valence-corrected chi connectivity index (χ2v) is 7.16. The van der Waals surface area contributed by atoms with Gasteiger partial charge in [-0.15, -0.1) is 11.3 Å². The summed E-state index contributed by atoms with van der Waals surface area (Å²) in [7, 11) is 0. The summed E-state index contributed by atoms with van der Waals surface area (Å²) in [6, 6.07) is 10.2. The van der Waals surface area contributed by atoms with Gasteiger partial charge in [0.2, 0.25) is 5.91 Å². The summed E-state index contributed by atoms with van der Waals surface area (Å²) < 4.78 is 0. The minimum Gasteiger partial charge on any atom is -0.360 e. The highest BCUT2D eigenvalue weighted by molar-refractivity contribution is 7.18. The number of nitrogens with one attached hydrogen (secondary N) is 1. The molecule has 1 N–H and O–H groups in total. The first kappa shape index (κ1) is 15.1. The van der Waals surface area contributed by atoms with Gasteiger partial charge in [0.05, 0.1) is 11.9 Å². The van der Waals surface area contributed by atoms with Gasteiger partial charge in [-0.3, -0.25) is 4.79 Å². The fourth-order valence-corrected chi connectivity index (χ4v) is 4.01. The van der Waals surface area contributed by atoms with Gasteiger partial charge in [0.15, 0.2) is 0 Å². The van der Waals surface area contributed by atoms with Gasteiger partial charge in [0, 0.05) is 17.1 Å². The Morgan fingerprint density at radius 2 is 2.21 bits per heavy atom. The normalized spacial score (nSPS) is 13.8. The second-order valence-electron chi connectivity index (χ2n) is 5.93. The number of carbonyl (C=O) groups excluding carboxylic acids is 1. The molecule has 5 nitrogen and oxygen atoms in total. The monoisotopic (exact) mass is 338 g/mol. The quantitative estimate of drug-likeness (QED) is 0.795. The van der Waals surface area contributed by atoms with Crippen LogP contribution in [-0.4, -0.2) is 29.0 Å². The van der Waals surface area contributed by atoms with E-state index in [-0.39, 0.29) is 12.5 Å². The molecule has 122 valence electrons. The van der Waals surface area contributed by atoms with Crippen LogP contribution in [0.3, 0.4) is 0 Å². The van der Waals surface area contributed by atoms with Crippen LogP contribution in [0.4, 0.5) is 11.5 Å². The average molecular weight is 338 g/mol. The van der Waals surface area contributed by atoms with Crippen molar-refractivity contribution in [1.29, 1.82) is 0 Å². The van der Waals surface area contributed by atoms with Crippen molar-refractivity contribution in [1.82, 2.24) is 9.97 Å². The van der Waals surface area contributed by atoms with Crippen LogP contribution in [0.2, 0.25) is 0 Å². The Morgan fingerprint density at radius 3 is 3.12 bits per heavy atom. The minimum atomic E-state index is 0.0702. The van der Waals surface area contributed by atoms with Crippen molar-refractivity contribution < 1.29 is 4.79 Å². The Morgan fingerprint density at radius 1 is 1.33 bits per heavy atom. The van der Waals surface area contributed by atoms with Gasteiger partial charge in [-0.05, 0) is 37.5 Å². The summed E-state index contributed by atoms with van der Waals surface area (Å²) >= 11 is 1.63. The Bertz CT molecular complexity index is 905. The Hall–Kier alpha value is -2.47. The molecule has 3 heterocycles. The summed E-state index contributed by atoms with van der Waals surface area (Å²) in [4.78, 5) is 25.3. The number of thiophene rings is 1. The van der Waals surface area contributed by atoms with Crippen molar-refractivity contribution in [3.8, 4) is 0 Å². The van der Waals surface area contributed by atoms with E-state index in [0.717, 1.165) is 41.1 Å². The van der Waals surface area contributed by atoms with Gasteiger partial charge < -0.3 is 10.2 Å². The molecule has 0 atom stereocenters. The summed E-state index contributed by atoms with van der Waals surface area (Å²) in [5.74, 6) is 0.795. The van der Waals surface area contributed by atoms with Crippen LogP contribution >= 0.6 is 11.3 Å². The number of para-hydroxylation sites is 1. The largest absolute Gasteiger partial charge is 0.360 e. The van der Waals surface area contributed by atoms with E-state index >= 15 is 0 Å². The van der Waals surface area contributed by atoms with Crippen molar-refractivity contribution >= 4 is 39.0 Å². The maximum absolute atomic E-state index is 12.7. The number of hydrogen-bond acceptors (Lipinski definition) is 5. The maximum Gasteiger partial charge on any atom is 0.246 e. The van der Waals surface area contributed by atoms with Crippen molar-refractivity contribution in [2.75, 3.05) is 23.3 Å². The smallest absolute Gasteiger partial charge is 0.246 e. The lowest BCUT2D eigenvalue weighted by Gasteiger charge is -2.29. The fraction of sp³-hybridized carbons (Fsp3) is 0.278. The second kappa shape index (κ2) is 6.20. The molecule has 0 spiro atoms. The van der Waals surface area contributed by atoms with E-state index in [1.165, 1.54) is 10.4 Å². The SMILES string of the molecule is Cc1cc2c(NCC(=O)N3CCCc4ccccc43)ncnc2s1. The number of fused-ring (bicyclic) bond motifs is 2. The molecule has 1 aromatic carbocycles. The highest BCUT2D eigenvalue weighted by Gasteiger charge is 2.22. The van der Waals surface area contributed by atoms with E-state index in [4.69, 9.17) is 0 Å². The molecule has 1 aliphatic rings. The Labute approximate surface area is 144 Å². The van der Waals surface area contributed by atoms with Crippen LogP contribution in [0.25, 0.3) is 10.2 Å². The molecule has 24 heavy (non-hydrogen) atoms. The molecule has 0 aliphatic carbocycles. The average Bonchev–Trinajstić information content (AvgIpc) is 3.00. The highest BCUT2D eigenvalue weighted by atomic mass is 32.1. The summed E-state index contributed by atoms with van der Waals surface area (Å²) in [6.07, 6.45) is 3.58. The molecule has 0 radical (unpaired) electrons. The van der Waals surface area contributed by atoms with Gasteiger partial charge in [-0.1, -0.05) is 18.2 Å². The van der Waals surface area contributed by atoms with E-state index in [9.17, 15) is 4.79 Å². The molecular formula is C18H18N4OS. The third-order valence-corrected chi connectivity index (χ3v) is 5.23. The maximum atomic E-state index is 12.7. The summed E-state index contributed by atoms with van der Waals surface area (Å²) in [6.45, 7) is 3.05. The Kier molecular flexibility index (Phi) is 3.90. The first-order chi connectivity index (χ1) is 11.7. The molecule has 0 unspecified atom stereocenters. The van der Waals surface area contributed by atoms with Crippen molar-refractivity contribution in [2.45, 2.75) is 19.8 Å². The van der Waals surface area contributed by atoms with E-state index in [2.05, 4.69) is 27.4 Å². The zero-order chi connectivity index (χ0) is 16.5. The standard InChI is InChI=1S/C18H18N4OS/c1-12-9-14-17(20-11-21-18(14)24-12)19-10-16(23)22-8-4-6-13-5-2-3-7-15(13)22/h2-3,5,7,9,11H,4,6,8,10H2,1H3,(H,19,20,21). The van der Waals surface area contributed by atoms with Crippen LogP contribution in [-0.2, 0) is 11.2 Å². The van der Waals surface area contributed by atoms with Gasteiger partial charge >= 0.3 is 0 Å². The molecular weight excluding hydrogens is 320 g/mol. The van der Waals surface area contributed by atoms with Crippen LogP contribution in [0.15, 0.2) is 36.7 Å². The van der Waals surface area contributed by atoms with Gasteiger partial charge in [-0.25, -0.2) is 9.97 Å².